The first-order valence-electron chi connectivity index (χ1n) is 7.48. The molecule has 0 saturated carbocycles. The highest BCUT2D eigenvalue weighted by atomic mass is 32.1. The van der Waals surface area contributed by atoms with Crippen molar-refractivity contribution in [2.75, 3.05) is 18.9 Å². The second-order valence-electron chi connectivity index (χ2n) is 5.29. The third kappa shape index (κ3) is 4.38. The molecule has 2 aromatic rings. The van der Waals surface area contributed by atoms with Crippen molar-refractivity contribution in [3.8, 4) is 0 Å². The zero-order chi connectivity index (χ0) is 15.9. The Morgan fingerprint density at radius 2 is 2.27 bits per heavy atom. The van der Waals surface area contributed by atoms with Crippen LogP contribution in [0.15, 0.2) is 24.0 Å². The molecule has 2 heterocycles. The summed E-state index contributed by atoms with van der Waals surface area (Å²) in [6.45, 7) is 2.89. The molecule has 0 fully saturated rings. The number of anilines is 1. The van der Waals surface area contributed by atoms with Crippen molar-refractivity contribution in [2.45, 2.75) is 32.2 Å². The lowest BCUT2D eigenvalue weighted by atomic mass is 10.1. The van der Waals surface area contributed by atoms with Gasteiger partial charge in [0.25, 0.3) is 0 Å². The van der Waals surface area contributed by atoms with Gasteiger partial charge in [0.15, 0.2) is 5.13 Å². The van der Waals surface area contributed by atoms with E-state index in [2.05, 4.69) is 20.2 Å². The van der Waals surface area contributed by atoms with E-state index in [9.17, 15) is 4.79 Å². The van der Waals surface area contributed by atoms with Crippen molar-refractivity contribution in [3.05, 3.63) is 29.8 Å². The van der Waals surface area contributed by atoms with E-state index >= 15 is 0 Å². The molecule has 0 bridgehead atoms. The zero-order valence-electron chi connectivity index (χ0n) is 13.3. The number of likely N-dealkylation sites (N-methyl/N-ethyl adjacent to an activating group) is 1. The first-order chi connectivity index (χ1) is 10.6. The Bertz CT molecular complexity index is 581. The first-order valence-corrected chi connectivity index (χ1v) is 8.36. The van der Waals surface area contributed by atoms with E-state index in [1.165, 1.54) is 11.3 Å². The lowest BCUT2D eigenvalue weighted by molar-refractivity contribution is -0.121. The lowest BCUT2D eigenvalue weighted by Crippen LogP contribution is -2.42. The Kier molecular flexibility index (Phi) is 6.09. The molecule has 0 unspecified atom stereocenters. The maximum atomic E-state index is 12.3. The Balaban J connectivity index is 1.81. The van der Waals surface area contributed by atoms with Crippen LogP contribution in [-0.2, 0) is 18.3 Å². The second-order valence-corrected chi connectivity index (χ2v) is 6.18. The van der Waals surface area contributed by atoms with Crippen LogP contribution < -0.4 is 5.32 Å². The van der Waals surface area contributed by atoms with Crippen molar-refractivity contribution < 1.29 is 4.79 Å². The number of hydrogen-bond donors (Lipinski definition) is 1. The van der Waals surface area contributed by atoms with Gasteiger partial charge < -0.3 is 9.88 Å². The van der Waals surface area contributed by atoms with Crippen molar-refractivity contribution in [2.24, 2.45) is 7.05 Å². The van der Waals surface area contributed by atoms with E-state index < -0.39 is 0 Å². The standard InChI is InChI=1S/C15H23N5OS/c1-4-12(14(21)18-15-17-8-11-22-15)19(2)9-5-6-13-16-7-10-20(13)3/h7-8,10-12H,4-6,9H2,1-3H3,(H,17,18,21)/t12-/m1/s1. The van der Waals surface area contributed by atoms with E-state index in [1.54, 1.807) is 6.20 Å². The van der Waals surface area contributed by atoms with E-state index in [0.29, 0.717) is 5.13 Å². The maximum absolute atomic E-state index is 12.3. The number of nitrogens with one attached hydrogen (secondary N) is 1. The summed E-state index contributed by atoms with van der Waals surface area (Å²) in [5.41, 5.74) is 0. The molecule has 22 heavy (non-hydrogen) atoms. The molecule has 6 nitrogen and oxygen atoms in total. The van der Waals surface area contributed by atoms with Gasteiger partial charge in [-0.25, -0.2) is 9.97 Å². The Morgan fingerprint density at radius 1 is 1.45 bits per heavy atom. The lowest BCUT2D eigenvalue weighted by Gasteiger charge is -2.25. The van der Waals surface area contributed by atoms with Gasteiger partial charge >= 0.3 is 0 Å². The minimum Gasteiger partial charge on any atom is -0.338 e. The SMILES string of the molecule is CC[C@H](C(=O)Nc1nccs1)N(C)CCCc1nccn1C. The minimum atomic E-state index is -0.134. The molecule has 0 spiro atoms. The van der Waals surface area contributed by atoms with E-state index in [0.717, 1.165) is 31.6 Å². The molecule has 1 atom stereocenters. The number of aromatic nitrogens is 3. The molecule has 0 radical (unpaired) electrons. The van der Waals surface area contributed by atoms with E-state index in [-0.39, 0.29) is 11.9 Å². The summed E-state index contributed by atoms with van der Waals surface area (Å²) < 4.78 is 2.03. The quantitative estimate of drug-likeness (QED) is 0.809. The fraction of sp³-hybridized carbons (Fsp3) is 0.533. The zero-order valence-corrected chi connectivity index (χ0v) is 14.1. The normalized spacial score (nSPS) is 12.5. The molecular weight excluding hydrogens is 298 g/mol. The summed E-state index contributed by atoms with van der Waals surface area (Å²) in [5, 5.41) is 5.39. The van der Waals surface area contributed by atoms with Crippen LogP contribution in [-0.4, -0.2) is 45.0 Å². The number of thiazole rings is 1. The molecule has 2 aromatic heterocycles. The van der Waals surface area contributed by atoms with Gasteiger partial charge in [-0.15, -0.1) is 11.3 Å². The largest absolute Gasteiger partial charge is 0.338 e. The average Bonchev–Trinajstić information content (AvgIpc) is 3.12. The van der Waals surface area contributed by atoms with Crippen molar-refractivity contribution in [1.29, 1.82) is 0 Å². The fourth-order valence-electron chi connectivity index (χ4n) is 2.45. The molecule has 0 aliphatic rings. The topological polar surface area (TPSA) is 63.1 Å². The predicted octanol–water partition coefficient (Wildman–Crippen LogP) is 2.16. The molecule has 1 amide bonds. The number of nitrogens with zero attached hydrogens (tertiary/aromatic N) is 4. The van der Waals surface area contributed by atoms with Crippen LogP contribution in [0.4, 0.5) is 5.13 Å². The highest BCUT2D eigenvalue weighted by Gasteiger charge is 2.21. The number of rotatable bonds is 8. The minimum absolute atomic E-state index is 0.0111. The van der Waals surface area contributed by atoms with Crippen molar-refractivity contribution in [1.82, 2.24) is 19.4 Å². The summed E-state index contributed by atoms with van der Waals surface area (Å²) in [5.74, 6) is 1.09. The number of carbonyl (C=O) groups is 1. The summed E-state index contributed by atoms with van der Waals surface area (Å²) in [6, 6.07) is -0.134. The third-order valence-corrected chi connectivity index (χ3v) is 4.40. The van der Waals surface area contributed by atoms with Crippen LogP contribution >= 0.6 is 11.3 Å². The summed E-state index contributed by atoms with van der Waals surface area (Å²) >= 11 is 1.44. The van der Waals surface area contributed by atoms with Crippen LogP contribution in [0.25, 0.3) is 0 Å². The fourth-order valence-corrected chi connectivity index (χ4v) is 2.98. The predicted molar refractivity (Wildman–Crippen MR) is 89.0 cm³/mol. The molecule has 0 saturated heterocycles. The van der Waals surface area contributed by atoms with Crippen LogP contribution in [0.2, 0.25) is 0 Å². The molecular formula is C15H23N5OS. The van der Waals surface area contributed by atoms with Gasteiger partial charge in [-0.2, -0.15) is 0 Å². The summed E-state index contributed by atoms with van der Waals surface area (Å²) in [7, 11) is 4.00. The van der Waals surface area contributed by atoms with Crippen LogP contribution in [0.5, 0.6) is 0 Å². The molecule has 0 aliphatic carbocycles. The van der Waals surface area contributed by atoms with Gasteiger partial charge in [0, 0.05) is 37.4 Å². The van der Waals surface area contributed by atoms with Gasteiger partial charge in [-0.1, -0.05) is 6.92 Å². The number of amides is 1. The number of carbonyl (C=O) groups excluding carboxylic acids is 1. The monoisotopic (exact) mass is 321 g/mol. The molecule has 120 valence electrons. The molecule has 0 aliphatic heterocycles. The Hall–Kier alpha value is -1.73. The number of imidazole rings is 1. The van der Waals surface area contributed by atoms with E-state index in [1.807, 2.05) is 43.4 Å². The molecule has 2 rings (SSSR count). The van der Waals surface area contributed by atoms with Crippen LogP contribution in [0, 0.1) is 0 Å². The first kappa shape index (κ1) is 16.6. The van der Waals surface area contributed by atoms with Gasteiger partial charge in [0.1, 0.15) is 5.82 Å². The highest BCUT2D eigenvalue weighted by Crippen LogP contribution is 2.13. The Morgan fingerprint density at radius 3 is 2.86 bits per heavy atom. The van der Waals surface area contributed by atoms with E-state index in [4.69, 9.17) is 0 Å². The van der Waals surface area contributed by atoms with Crippen LogP contribution in [0.3, 0.4) is 0 Å². The highest BCUT2D eigenvalue weighted by molar-refractivity contribution is 7.13. The summed E-state index contributed by atoms with van der Waals surface area (Å²) in [4.78, 5) is 22.8. The van der Waals surface area contributed by atoms with Gasteiger partial charge in [-0.05, 0) is 26.4 Å². The molecule has 0 aromatic carbocycles. The average molecular weight is 321 g/mol. The Labute approximate surface area is 135 Å². The van der Waals surface area contributed by atoms with Gasteiger partial charge in [-0.3, -0.25) is 9.69 Å². The van der Waals surface area contributed by atoms with Crippen molar-refractivity contribution in [3.63, 3.8) is 0 Å². The van der Waals surface area contributed by atoms with Crippen molar-refractivity contribution >= 4 is 22.4 Å². The van der Waals surface area contributed by atoms with Crippen LogP contribution in [0.1, 0.15) is 25.6 Å². The second kappa shape index (κ2) is 8.05. The van der Waals surface area contributed by atoms with Gasteiger partial charge in [0.05, 0.1) is 6.04 Å². The third-order valence-electron chi connectivity index (χ3n) is 3.72. The molecule has 7 heteroatoms. The smallest absolute Gasteiger partial charge is 0.243 e. The molecule has 1 N–H and O–H groups in total. The van der Waals surface area contributed by atoms with Gasteiger partial charge in [0.2, 0.25) is 5.91 Å². The number of aryl methyl sites for hydroxylation is 2. The summed E-state index contributed by atoms with van der Waals surface area (Å²) in [6.07, 6.45) is 8.12. The maximum Gasteiger partial charge on any atom is 0.243 e. The number of hydrogen-bond acceptors (Lipinski definition) is 5.